The minimum Gasteiger partial charge on any atom is -0.355 e. The number of likely N-dealkylation sites (tertiary alicyclic amines) is 1. The van der Waals surface area contributed by atoms with Crippen molar-refractivity contribution in [2.75, 3.05) is 24.5 Å². The molecule has 4 aromatic heterocycles. The maximum Gasteiger partial charge on any atom is 0.272 e. The van der Waals surface area contributed by atoms with Crippen LogP contribution in [0.5, 0.6) is 0 Å². The van der Waals surface area contributed by atoms with Crippen LogP contribution in [0.4, 0.5) is 5.82 Å². The summed E-state index contributed by atoms with van der Waals surface area (Å²) < 4.78 is 3.79. The average Bonchev–Trinajstić information content (AvgIpc) is 3.56. The Morgan fingerprint density at radius 2 is 2.12 bits per heavy atom. The summed E-state index contributed by atoms with van der Waals surface area (Å²) in [7, 11) is 0. The van der Waals surface area contributed by atoms with Gasteiger partial charge in [-0.1, -0.05) is 0 Å². The van der Waals surface area contributed by atoms with E-state index in [2.05, 4.69) is 16.8 Å². The molecule has 0 aliphatic carbocycles. The van der Waals surface area contributed by atoms with Gasteiger partial charge in [0, 0.05) is 55.9 Å². The average molecular weight is 433 g/mol. The second kappa shape index (κ2) is 7.37. The number of aromatic amines is 1. The first-order valence-corrected chi connectivity index (χ1v) is 11.4. The Morgan fingerprint density at radius 1 is 1.22 bits per heavy atom. The van der Waals surface area contributed by atoms with Crippen LogP contribution in [0.1, 0.15) is 53.5 Å². The number of hydrogen-bond donors (Lipinski definition) is 2. The highest BCUT2D eigenvalue weighted by Gasteiger charge is 2.32. The number of rotatable bonds is 3. The molecule has 1 amide bonds. The number of nitrogens with two attached hydrogens (primary N) is 1. The fourth-order valence-corrected chi connectivity index (χ4v) is 5.15. The molecule has 3 N–H and O–H groups in total. The molecular formula is C23H28N8O. The van der Waals surface area contributed by atoms with Crippen LogP contribution in [0.2, 0.25) is 0 Å². The highest BCUT2D eigenvalue weighted by Crippen LogP contribution is 2.32. The monoisotopic (exact) mass is 432 g/mol. The van der Waals surface area contributed by atoms with Gasteiger partial charge in [-0.2, -0.15) is 5.10 Å². The van der Waals surface area contributed by atoms with E-state index in [4.69, 9.17) is 15.8 Å². The van der Waals surface area contributed by atoms with Crippen LogP contribution < -0.4 is 10.6 Å². The summed E-state index contributed by atoms with van der Waals surface area (Å²) in [6, 6.07) is 6.11. The number of aryl methyl sites for hydroxylation is 1. The van der Waals surface area contributed by atoms with E-state index in [1.165, 1.54) is 0 Å². The number of carbonyl (C=O) groups is 1. The van der Waals surface area contributed by atoms with Gasteiger partial charge in [0.05, 0.1) is 11.7 Å². The van der Waals surface area contributed by atoms with Gasteiger partial charge in [-0.3, -0.25) is 4.79 Å². The Kier molecular flexibility index (Phi) is 4.46. The number of carbonyl (C=O) groups excluding carboxylic acids is 1. The summed E-state index contributed by atoms with van der Waals surface area (Å²) >= 11 is 0. The van der Waals surface area contributed by atoms with E-state index < -0.39 is 0 Å². The lowest BCUT2D eigenvalue weighted by molar-refractivity contribution is 0.0600. The minimum atomic E-state index is -0.0513. The van der Waals surface area contributed by atoms with Crippen molar-refractivity contribution in [2.24, 2.45) is 5.73 Å². The van der Waals surface area contributed by atoms with Crippen molar-refractivity contribution < 1.29 is 4.79 Å². The molecule has 0 saturated carbocycles. The van der Waals surface area contributed by atoms with E-state index in [-0.39, 0.29) is 18.0 Å². The van der Waals surface area contributed by atoms with Gasteiger partial charge in [-0.25, -0.2) is 9.50 Å². The Balaban J connectivity index is 1.33. The molecule has 32 heavy (non-hydrogen) atoms. The second-order valence-corrected chi connectivity index (χ2v) is 9.09. The van der Waals surface area contributed by atoms with Gasteiger partial charge >= 0.3 is 0 Å². The van der Waals surface area contributed by atoms with Crippen LogP contribution in [-0.2, 0) is 0 Å². The summed E-state index contributed by atoms with van der Waals surface area (Å²) in [5.74, 6) is 1.00. The lowest BCUT2D eigenvalue weighted by Gasteiger charge is -2.34. The smallest absolute Gasteiger partial charge is 0.272 e. The molecule has 0 radical (unpaired) electrons. The standard InChI is InChI=1S/C23H28N8O/c1-15-12-31-21(26-22(15)29-10-7-16(24)13-29)11-17(27-31)19-5-2-3-9-30(19)23(32)18-14-28-8-4-6-20(28)25-18/h4,6,8,11-12,14,16,19,25H,2-3,5,7,9-10,13,24H2,1H3/t16-,19-/m0/s1. The molecular weight excluding hydrogens is 404 g/mol. The SMILES string of the molecule is Cc1cn2nc([C@@H]3CCCCN3C(=O)c3cn4cccc4[nH]3)cc2nc1N1CC[C@H](N)C1. The highest BCUT2D eigenvalue weighted by atomic mass is 16.2. The number of anilines is 1. The number of imidazole rings is 1. The molecule has 0 aromatic carbocycles. The van der Waals surface area contributed by atoms with Crippen LogP contribution in [0.3, 0.4) is 0 Å². The summed E-state index contributed by atoms with van der Waals surface area (Å²) in [5.41, 5.74) is 10.4. The van der Waals surface area contributed by atoms with Crippen LogP contribution in [0.15, 0.2) is 36.8 Å². The zero-order valence-corrected chi connectivity index (χ0v) is 18.2. The fraction of sp³-hybridized carbons (Fsp3) is 0.435. The van der Waals surface area contributed by atoms with Gasteiger partial charge in [-0.05, 0) is 44.7 Å². The van der Waals surface area contributed by atoms with Crippen molar-refractivity contribution >= 4 is 23.0 Å². The largest absolute Gasteiger partial charge is 0.355 e. The van der Waals surface area contributed by atoms with Gasteiger partial charge in [-0.15, -0.1) is 0 Å². The van der Waals surface area contributed by atoms with Crippen LogP contribution in [-0.4, -0.2) is 60.5 Å². The summed E-state index contributed by atoms with van der Waals surface area (Å²) in [6.07, 6.45) is 9.83. The van der Waals surface area contributed by atoms with E-state index in [0.29, 0.717) is 5.69 Å². The molecule has 6 heterocycles. The Bertz CT molecular complexity index is 1270. The predicted molar refractivity (Wildman–Crippen MR) is 122 cm³/mol. The van der Waals surface area contributed by atoms with Crippen LogP contribution in [0, 0.1) is 6.92 Å². The van der Waals surface area contributed by atoms with E-state index in [1.807, 2.05) is 50.6 Å². The van der Waals surface area contributed by atoms with Crippen molar-refractivity contribution in [1.82, 2.24) is 28.9 Å². The lowest BCUT2D eigenvalue weighted by atomic mass is 9.99. The van der Waals surface area contributed by atoms with E-state index in [9.17, 15) is 4.79 Å². The van der Waals surface area contributed by atoms with Crippen molar-refractivity contribution in [3.8, 4) is 0 Å². The molecule has 4 aromatic rings. The quantitative estimate of drug-likeness (QED) is 0.518. The van der Waals surface area contributed by atoms with Crippen molar-refractivity contribution in [3.05, 3.63) is 53.7 Å². The number of piperidine rings is 1. The van der Waals surface area contributed by atoms with Gasteiger partial charge in [0.25, 0.3) is 5.91 Å². The Labute approximate surface area is 185 Å². The normalized spacial score (nSPS) is 21.8. The minimum absolute atomic E-state index is 0.0198. The third kappa shape index (κ3) is 3.15. The zero-order chi connectivity index (χ0) is 21.8. The highest BCUT2D eigenvalue weighted by molar-refractivity contribution is 5.93. The predicted octanol–water partition coefficient (Wildman–Crippen LogP) is 2.52. The third-order valence-electron chi connectivity index (χ3n) is 6.79. The number of nitrogens with zero attached hydrogens (tertiary/aromatic N) is 6. The summed E-state index contributed by atoms with van der Waals surface area (Å²) in [4.78, 5) is 25.8. The van der Waals surface area contributed by atoms with Gasteiger partial charge in [0.1, 0.15) is 17.2 Å². The summed E-state index contributed by atoms with van der Waals surface area (Å²) in [5, 5.41) is 4.84. The van der Waals surface area contributed by atoms with Crippen LogP contribution in [0.25, 0.3) is 11.3 Å². The first-order valence-electron chi connectivity index (χ1n) is 11.4. The van der Waals surface area contributed by atoms with Gasteiger partial charge < -0.3 is 24.9 Å². The lowest BCUT2D eigenvalue weighted by Crippen LogP contribution is -2.38. The maximum atomic E-state index is 13.4. The Morgan fingerprint density at radius 3 is 2.94 bits per heavy atom. The molecule has 9 heteroatoms. The molecule has 6 rings (SSSR count). The number of H-pyrrole nitrogens is 1. The second-order valence-electron chi connectivity index (χ2n) is 9.09. The van der Waals surface area contributed by atoms with Crippen molar-refractivity contribution in [1.29, 1.82) is 0 Å². The molecule has 2 fully saturated rings. The maximum absolute atomic E-state index is 13.4. The van der Waals surface area contributed by atoms with E-state index in [0.717, 1.165) is 73.7 Å². The topological polar surface area (TPSA) is 100.0 Å². The zero-order valence-electron chi connectivity index (χ0n) is 18.2. The molecule has 2 aliphatic heterocycles. The molecule has 166 valence electrons. The van der Waals surface area contributed by atoms with E-state index >= 15 is 0 Å². The first kappa shape index (κ1) is 19.4. The molecule has 9 nitrogen and oxygen atoms in total. The number of fused-ring (bicyclic) bond motifs is 2. The molecule has 2 aliphatic rings. The number of aromatic nitrogens is 5. The van der Waals surface area contributed by atoms with Crippen molar-refractivity contribution in [2.45, 2.75) is 44.7 Å². The third-order valence-corrected chi connectivity index (χ3v) is 6.79. The number of nitrogens with one attached hydrogen (secondary N) is 1. The number of amides is 1. The first-order chi connectivity index (χ1) is 15.6. The molecule has 2 saturated heterocycles. The Hall–Kier alpha value is -3.33. The fourth-order valence-electron chi connectivity index (χ4n) is 5.15. The van der Waals surface area contributed by atoms with Crippen molar-refractivity contribution in [3.63, 3.8) is 0 Å². The number of hydrogen-bond acceptors (Lipinski definition) is 5. The molecule has 0 bridgehead atoms. The van der Waals surface area contributed by atoms with Gasteiger partial charge in [0.2, 0.25) is 0 Å². The van der Waals surface area contributed by atoms with Crippen LogP contribution >= 0.6 is 0 Å². The summed E-state index contributed by atoms with van der Waals surface area (Å²) in [6.45, 7) is 4.56. The van der Waals surface area contributed by atoms with Gasteiger partial charge in [0.15, 0.2) is 5.65 Å². The molecule has 0 spiro atoms. The van der Waals surface area contributed by atoms with E-state index in [1.54, 1.807) is 0 Å². The molecule has 2 atom stereocenters. The molecule has 0 unspecified atom stereocenters.